The second kappa shape index (κ2) is 8.34. The molecule has 0 aromatic heterocycles. The summed E-state index contributed by atoms with van der Waals surface area (Å²) < 4.78 is 32.5. The maximum atomic E-state index is 13.4. The number of anilines is 1. The fourth-order valence-electron chi connectivity index (χ4n) is 7.43. The van der Waals surface area contributed by atoms with Crippen LogP contribution in [0.2, 0.25) is 0 Å². The summed E-state index contributed by atoms with van der Waals surface area (Å²) in [6.45, 7) is 2.19. The SMILES string of the molecule is CN(C)c1cccc2c(S(=O)(=O)Oc3ccc4c(c3)CC[C@@H]3[C@@H]4CC[C@]4(C)C(=O)CC[C@@H]34)cccc12. The second-order valence-corrected chi connectivity index (χ2v) is 12.8. The Hall–Kier alpha value is -2.86. The van der Waals surface area contributed by atoms with Crippen molar-refractivity contribution in [3.8, 4) is 5.75 Å². The topological polar surface area (TPSA) is 63.7 Å². The summed E-state index contributed by atoms with van der Waals surface area (Å²) >= 11 is 0. The van der Waals surface area contributed by atoms with Crippen LogP contribution < -0.4 is 9.08 Å². The van der Waals surface area contributed by atoms with Crippen LogP contribution in [0.15, 0.2) is 59.5 Å². The summed E-state index contributed by atoms with van der Waals surface area (Å²) in [5.41, 5.74) is 3.32. The fraction of sp³-hybridized carbons (Fsp3) is 0.433. The highest BCUT2D eigenvalue weighted by Crippen LogP contribution is 2.59. The van der Waals surface area contributed by atoms with Gasteiger partial charge in [0.05, 0.1) is 0 Å². The van der Waals surface area contributed by atoms with Gasteiger partial charge in [-0.1, -0.05) is 37.3 Å². The molecule has 2 saturated carbocycles. The van der Waals surface area contributed by atoms with Crippen LogP contribution >= 0.6 is 0 Å². The van der Waals surface area contributed by atoms with E-state index in [-0.39, 0.29) is 10.3 Å². The largest absolute Gasteiger partial charge is 0.379 e. The molecule has 0 radical (unpaired) electrons. The van der Waals surface area contributed by atoms with Crippen LogP contribution in [-0.2, 0) is 21.3 Å². The van der Waals surface area contributed by atoms with Gasteiger partial charge in [-0.2, -0.15) is 8.42 Å². The van der Waals surface area contributed by atoms with E-state index in [1.165, 1.54) is 11.1 Å². The minimum Gasteiger partial charge on any atom is -0.379 e. The Morgan fingerprint density at radius 3 is 2.53 bits per heavy atom. The normalized spacial score (nSPS) is 27.3. The van der Waals surface area contributed by atoms with Crippen molar-refractivity contribution in [2.24, 2.45) is 17.3 Å². The summed E-state index contributed by atoms with van der Waals surface area (Å²) in [7, 11) is -0.122. The Balaban J connectivity index is 1.30. The molecule has 0 spiro atoms. The van der Waals surface area contributed by atoms with E-state index >= 15 is 0 Å². The molecule has 0 heterocycles. The van der Waals surface area contributed by atoms with E-state index in [0.717, 1.165) is 49.6 Å². The Morgan fingerprint density at radius 1 is 0.944 bits per heavy atom. The molecule has 3 aliphatic rings. The van der Waals surface area contributed by atoms with Crippen LogP contribution in [0.5, 0.6) is 5.75 Å². The quantitative estimate of drug-likeness (QED) is 0.403. The average molecular weight is 504 g/mol. The smallest absolute Gasteiger partial charge is 0.339 e. The van der Waals surface area contributed by atoms with Crippen molar-refractivity contribution < 1.29 is 17.4 Å². The van der Waals surface area contributed by atoms with Gasteiger partial charge >= 0.3 is 10.1 Å². The lowest BCUT2D eigenvalue weighted by molar-refractivity contribution is -0.129. The number of Topliss-reactive ketones (excluding diaryl/α,β-unsaturated/α-hetero) is 1. The van der Waals surface area contributed by atoms with Crippen LogP contribution in [0.3, 0.4) is 0 Å². The number of rotatable bonds is 4. The van der Waals surface area contributed by atoms with Gasteiger partial charge in [0.1, 0.15) is 16.4 Å². The third-order valence-corrected chi connectivity index (χ3v) is 10.5. The number of carbonyl (C=O) groups is 1. The summed E-state index contributed by atoms with van der Waals surface area (Å²) in [4.78, 5) is 14.8. The van der Waals surface area contributed by atoms with E-state index in [9.17, 15) is 13.2 Å². The van der Waals surface area contributed by atoms with Gasteiger partial charge in [0, 0.05) is 42.4 Å². The minimum absolute atomic E-state index is 0.138. The molecule has 3 aromatic carbocycles. The summed E-state index contributed by atoms with van der Waals surface area (Å²) in [5, 5.41) is 1.53. The molecular weight excluding hydrogens is 470 g/mol. The van der Waals surface area contributed by atoms with Crippen molar-refractivity contribution in [3.05, 3.63) is 65.7 Å². The fourth-order valence-corrected chi connectivity index (χ4v) is 8.57. The number of carbonyl (C=O) groups excluding carboxylic acids is 1. The molecule has 0 unspecified atom stereocenters. The van der Waals surface area contributed by atoms with Gasteiger partial charge in [-0.05, 0) is 85.3 Å². The van der Waals surface area contributed by atoms with E-state index in [2.05, 4.69) is 13.0 Å². The molecule has 0 aliphatic heterocycles. The number of ketones is 1. The number of fused-ring (bicyclic) bond motifs is 6. The number of hydrogen-bond donors (Lipinski definition) is 0. The van der Waals surface area contributed by atoms with Gasteiger partial charge in [0.15, 0.2) is 0 Å². The third kappa shape index (κ3) is 3.56. The standard InChI is InChI=1S/C30H33NO4S/c1-30-17-16-22-21-13-11-20(18-19(21)10-12-23(22)26(30)14-15-29(30)32)35-36(33,34)28-9-5-6-24-25(28)7-4-8-27(24)31(2)3/h4-9,11,13,18,22-23,26H,10,12,14-17H2,1-3H3/t22-,23-,26+,30+/m1/s1. The first-order valence-electron chi connectivity index (χ1n) is 13.0. The van der Waals surface area contributed by atoms with Gasteiger partial charge in [-0.3, -0.25) is 4.79 Å². The maximum Gasteiger partial charge on any atom is 0.339 e. The molecule has 6 heteroatoms. The lowest BCUT2D eigenvalue weighted by atomic mass is 9.55. The molecule has 4 atom stereocenters. The van der Waals surface area contributed by atoms with Crippen molar-refractivity contribution in [2.75, 3.05) is 19.0 Å². The molecule has 0 amide bonds. The van der Waals surface area contributed by atoms with E-state index in [1.807, 2.05) is 55.4 Å². The molecule has 3 aromatic rings. The number of benzene rings is 3. The molecule has 6 rings (SSSR count). The zero-order valence-corrected chi connectivity index (χ0v) is 22.0. The summed E-state index contributed by atoms with van der Waals surface area (Å²) in [6.07, 6.45) is 5.68. The highest BCUT2D eigenvalue weighted by atomic mass is 32.2. The number of aryl methyl sites for hydroxylation is 1. The van der Waals surface area contributed by atoms with Crippen molar-refractivity contribution in [1.82, 2.24) is 0 Å². The minimum atomic E-state index is -4.01. The van der Waals surface area contributed by atoms with Crippen LogP contribution in [-0.4, -0.2) is 28.3 Å². The lowest BCUT2D eigenvalue weighted by Crippen LogP contribution is -2.42. The van der Waals surface area contributed by atoms with Gasteiger partial charge in [0.2, 0.25) is 0 Å². The summed E-state index contributed by atoms with van der Waals surface area (Å²) in [6, 6.07) is 16.8. The van der Waals surface area contributed by atoms with Gasteiger partial charge < -0.3 is 9.08 Å². The Bertz CT molecular complexity index is 1480. The van der Waals surface area contributed by atoms with E-state index < -0.39 is 10.1 Å². The van der Waals surface area contributed by atoms with Crippen LogP contribution in [0.4, 0.5) is 5.69 Å². The lowest BCUT2D eigenvalue weighted by Gasteiger charge is -2.48. The van der Waals surface area contributed by atoms with Crippen molar-refractivity contribution >= 4 is 32.4 Å². The molecule has 2 fully saturated rings. The molecule has 36 heavy (non-hydrogen) atoms. The zero-order valence-electron chi connectivity index (χ0n) is 21.2. The third-order valence-electron chi connectivity index (χ3n) is 9.22. The Kier molecular flexibility index (Phi) is 5.45. The van der Waals surface area contributed by atoms with Gasteiger partial charge in [0.25, 0.3) is 0 Å². The highest BCUT2D eigenvalue weighted by molar-refractivity contribution is 7.87. The van der Waals surface area contributed by atoms with Crippen molar-refractivity contribution in [3.63, 3.8) is 0 Å². The first-order valence-corrected chi connectivity index (χ1v) is 14.4. The van der Waals surface area contributed by atoms with Gasteiger partial charge in [-0.15, -0.1) is 0 Å². The molecule has 0 saturated heterocycles. The number of nitrogens with zero attached hydrogens (tertiary/aromatic N) is 1. The van der Waals surface area contributed by atoms with E-state index in [1.54, 1.807) is 12.1 Å². The second-order valence-electron chi connectivity index (χ2n) is 11.3. The predicted octanol–water partition coefficient (Wildman–Crippen LogP) is 6.10. The summed E-state index contributed by atoms with van der Waals surface area (Å²) in [5.74, 6) is 2.29. The van der Waals surface area contributed by atoms with E-state index in [4.69, 9.17) is 4.18 Å². The Labute approximate surface area is 213 Å². The Morgan fingerprint density at radius 2 is 1.72 bits per heavy atom. The first kappa shape index (κ1) is 23.5. The van der Waals surface area contributed by atoms with Crippen LogP contribution in [0.1, 0.15) is 56.1 Å². The maximum absolute atomic E-state index is 13.4. The highest BCUT2D eigenvalue weighted by Gasteiger charge is 2.54. The molecule has 188 valence electrons. The number of hydrogen-bond acceptors (Lipinski definition) is 5. The molecular formula is C30H33NO4S. The van der Waals surface area contributed by atoms with Crippen molar-refractivity contribution in [2.45, 2.75) is 56.3 Å². The average Bonchev–Trinajstić information content (AvgIpc) is 3.17. The first-order chi connectivity index (χ1) is 17.2. The van der Waals surface area contributed by atoms with Crippen LogP contribution in [0, 0.1) is 17.3 Å². The molecule has 5 nitrogen and oxygen atoms in total. The predicted molar refractivity (Wildman–Crippen MR) is 142 cm³/mol. The molecule has 0 N–H and O–H groups in total. The van der Waals surface area contributed by atoms with E-state index in [0.29, 0.717) is 34.7 Å². The monoisotopic (exact) mass is 503 g/mol. The zero-order chi connectivity index (χ0) is 25.2. The molecule has 0 bridgehead atoms. The van der Waals surface area contributed by atoms with Gasteiger partial charge in [-0.25, -0.2) is 0 Å². The van der Waals surface area contributed by atoms with Crippen molar-refractivity contribution in [1.29, 1.82) is 0 Å². The van der Waals surface area contributed by atoms with Crippen LogP contribution in [0.25, 0.3) is 10.8 Å². The molecule has 3 aliphatic carbocycles.